The fourth-order valence-corrected chi connectivity index (χ4v) is 2.03. The van der Waals surface area contributed by atoms with E-state index in [1.807, 2.05) is 41.8 Å². The lowest BCUT2D eigenvalue weighted by Gasteiger charge is -2.08. The van der Waals surface area contributed by atoms with Crippen LogP contribution in [0.4, 0.5) is 4.39 Å². The van der Waals surface area contributed by atoms with E-state index in [-0.39, 0.29) is 5.82 Å². The van der Waals surface area contributed by atoms with Crippen molar-refractivity contribution in [3.8, 4) is 17.1 Å². The molecule has 0 unspecified atom stereocenters. The third kappa shape index (κ3) is 2.12. The molecular formula is C15H12FN3. The monoisotopic (exact) mass is 253 g/mol. The minimum absolute atomic E-state index is 0.258. The molecule has 0 N–H and O–H groups in total. The first-order valence-corrected chi connectivity index (χ1v) is 5.99. The molecule has 0 aliphatic heterocycles. The molecule has 3 rings (SSSR count). The van der Waals surface area contributed by atoms with Crippen LogP contribution in [0.5, 0.6) is 0 Å². The summed E-state index contributed by atoms with van der Waals surface area (Å²) in [7, 11) is 0. The van der Waals surface area contributed by atoms with Crippen molar-refractivity contribution in [3.05, 3.63) is 66.2 Å². The maximum Gasteiger partial charge on any atom is 0.168 e. The molecule has 94 valence electrons. The number of para-hydroxylation sites is 1. The highest BCUT2D eigenvalue weighted by Gasteiger charge is 2.12. The van der Waals surface area contributed by atoms with Gasteiger partial charge in [-0.2, -0.15) is 0 Å². The summed E-state index contributed by atoms with van der Waals surface area (Å²) in [6, 6.07) is 16.1. The second kappa shape index (κ2) is 4.65. The molecule has 1 heterocycles. The molecule has 0 aliphatic rings. The predicted molar refractivity (Wildman–Crippen MR) is 71.5 cm³/mol. The summed E-state index contributed by atoms with van der Waals surface area (Å²) in [4.78, 5) is 0. The molecule has 0 fully saturated rings. The van der Waals surface area contributed by atoms with Crippen LogP contribution in [0.1, 0.15) is 5.82 Å². The number of hydrogen-bond donors (Lipinski definition) is 0. The van der Waals surface area contributed by atoms with E-state index in [9.17, 15) is 4.39 Å². The van der Waals surface area contributed by atoms with Crippen LogP contribution < -0.4 is 0 Å². The molecule has 0 radical (unpaired) electrons. The molecule has 3 nitrogen and oxygen atoms in total. The van der Waals surface area contributed by atoms with Gasteiger partial charge < -0.3 is 0 Å². The SMILES string of the molecule is Cc1nnc(-c2ccc(F)cc2)n1-c1ccccc1. The number of aryl methyl sites for hydroxylation is 1. The van der Waals surface area contributed by atoms with Crippen LogP contribution in [-0.2, 0) is 0 Å². The highest BCUT2D eigenvalue weighted by Crippen LogP contribution is 2.22. The van der Waals surface area contributed by atoms with Crippen LogP contribution in [0.3, 0.4) is 0 Å². The fraction of sp³-hybridized carbons (Fsp3) is 0.0667. The van der Waals surface area contributed by atoms with Gasteiger partial charge in [0.25, 0.3) is 0 Å². The molecule has 0 aliphatic carbocycles. The average molecular weight is 253 g/mol. The molecule has 0 saturated carbocycles. The minimum atomic E-state index is -0.258. The molecular weight excluding hydrogens is 241 g/mol. The summed E-state index contributed by atoms with van der Waals surface area (Å²) in [5, 5.41) is 8.29. The number of rotatable bonds is 2. The Balaban J connectivity index is 2.16. The van der Waals surface area contributed by atoms with Crippen molar-refractivity contribution in [1.82, 2.24) is 14.8 Å². The van der Waals surface area contributed by atoms with Crippen molar-refractivity contribution < 1.29 is 4.39 Å². The van der Waals surface area contributed by atoms with Gasteiger partial charge in [-0.25, -0.2) is 4.39 Å². The molecule has 4 heteroatoms. The van der Waals surface area contributed by atoms with Gasteiger partial charge in [0.05, 0.1) is 0 Å². The normalized spacial score (nSPS) is 10.6. The minimum Gasteiger partial charge on any atom is -0.279 e. The topological polar surface area (TPSA) is 30.7 Å². The fourth-order valence-electron chi connectivity index (χ4n) is 2.03. The molecule has 0 amide bonds. The van der Waals surface area contributed by atoms with Gasteiger partial charge in [0.1, 0.15) is 11.6 Å². The van der Waals surface area contributed by atoms with E-state index in [0.29, 0.717) is 5.82 Å². The number of benzene rings is 2. The predicted octanol–water partition coefficient (Wildman–Crippen LogP) is 3.38. The lowest BCUT2D eigenvalue weighted by Crippen LogP contribution is -1.99. The Morgan fingerprint density at radius 3 is 2.26 bits per heavy atom. The van der Waals surface area contributed by atoms with E-state index in [1.54, 1.807) is 12.1 Å². The summed E-state index contributed by atoms with van der Waals surface area (Å²) in [5.74, 6) is 1.25. The van der Waals surface area contributed by atoms with E-state index in [2.05, 4.69) is 10.2 Å². The second-order valence-corrected chi connectivity index (χ2v) is 4.25. The second-order valence-electron chi connectivity index (χ2n) is 4.25. The third-order valence-corrected chi connectivity index (χ3v) is 2.94. The maximum atomic E-state index is 13.0. The van der Waals surface area contributed by atoms with Gasteiger partial charge >= 0.3 is 0 Å². The van der Waals surface area contributed by atoms with E-state index < -0.39 is 0 Å². The summed E-state index contributed by atoms with van der Waals surface area (Å²) >= 11 is 0. The first kappa shape index (κ1) is 11.6. The highest BCUT2D eigenvalue weighted by molar-refractivity contribution is 5.58. The molecule has 0 atom stereocenters. The van der Waals surface area contributed by atoms with E-state index in [1.165, 1.54) is 12.1 Å². The first-order valence-electron chi connectivity index (χ1n) is 5.99. The Kier molecular flexibility index (Phi) is 2.83. The van der Waals surface area contributed by atoms with Crippen LogP contribution >= 0.6 is 0 Å². The molecule has 2 aromatic carbocycles. The van der Waals surface area contributed by atoms with Crippen molar-refractivity contribution in [3.63, 3.8) is 0 Å². The van der Waals surface area contributed by atoms with Crippen molar-refractivity contribution in [1.29, 1.82) is 0 Å². The lowest BCUT2D eigenvalue weighted by atomic mass is 10.2. The Morgan fingerprint density at radius 1 is 0.895 bits per heavy atom. The maximum absolute atomic E-state index is 13.0. The summed E-state index contributed by atoms with van der Waals surface area (Å²) in [6.45, 7) is 1.90. The smallest absolute Gasteiger partial charge is 0.168 e. The number of halogens is 1. The third-order valence-electron chi connectivity index (χ3n) is 2.94. The van der Waals surface area contributed by atoms with Crippen molar-refractivity contribution in [2.24, 2.45) is 0 Å². The number of hydrogen-bond acceptors (Lipinski definition) is 2. The van der Waals surface area contributed by atoms with Crippen molar-refractivity contribution in [2.45, 2.75) is 6.92 Å². The van der Waals surface area contributed by atoms with Gasteiger partial charge in [-0.05, 0) is 43.3 Å². The molecule has 19 heavy (non-hydrogen) atoms. The largest absolute Gasteiger partial charge is 0.279 e. The van der Waals surface area contributed by atoms with Gasteiger partial charge in [-0.3, -0.25) is 4.57 Å². The van der Waals surface area contributed by atoms with E-state index in [4.69, 9.17) is 0 Å². The lowest BCUT2D eigenvalue weighted by molar-refractivity contribution is 0.628. The molecule has 0 bridgehead atoms. The van der Waals surface area contributed by atoms with Gasteiger partial charge in [-0.15, -0.1) is 10.2 Å². The standard InChI is InChI=1S/C15H12FN3/c1-11-17-18-15(12-7-9-13(16)10-8-12)19(11)14-5-3-2-4-6-14/h2-10H,1H3. The van der Waals surface area contributed by atoms with Crippen molar-refractivity contribution in [2.75, 3.05) is 0 Å². The van der Waals surface area contributed by atoms with Crippen molar-refractivity contribution >= 4 is 0 Å². The van der Waals surface area contributed by atoms with Gasteiger partial charge in [0.15, 0.2) is 5.82 Å². The molecule has 0 saturated heterocycles. The molecule has 1 aromatic heterocycles. The Bertz CT molecular complexity index is 687. The van der Waals surface area contributed by atoms with Gasteiger partial charge in [-0.1, -0.05) is 18.2 Å². The van der Waals surface area contributed by atoms with Crippen LogP contribution in [0.2, 0.25) is 0 Å². The Morgan fingerprint density at radius 2 is 1.58 bits per heavy atom. The first-order chi connectivity index (χ1) is 9.25. The average Bonchev–Trinajstić information content (AvgIpc) is 2.82. The number of nitrogens with zero attached hydrogens (tertiary/aromatic N) is 3. The van der Waals surface area contributed by atoms with Crippen LogP contribution in [0.25, 0.3) is 17.1 Å². The van der Waals surface area contributed by atoms with E-state index in [0.717, 1.165) is 17.1 Å². The summed E-state index contributed by atoms with van der Waals surface area (Å²) in [5.41, 5.74) is 1.83. The molecule has 0 spiro atoms. The quantitative estimate of drug-likeness (QED) is 0.701. The highest BCUT2D eigenvalue weighted by atomic mass is 19.1. The summed E-state index contributed by atoms with van der Waals surface area (Å²) < 4.78 is 14.9. The van der Waals surface area contributed by atoms with Gasteiger partial charge in [0.2, 0.25) is 0 Å². The van der Waals surface area contributed by atoms with Crippen LogP contribution in [0.15, 0.2) is 54.6 Å². The zero-order valence-electron chi connectivity index (χ0n) is 10.4. The Labute approximate surface area is 110 Å². The summed E-state index contributed by atoms with van der Waals surface area (Å²) in [6.07, 6.45) is 0. The van der Waals surface area contributed by atoms with Gasteiger partial charge in [0, 0.05) is 11.3 Å². The zero-order chi connectivity index (χ0) is 13.2. The van der Waals surface area contributed by atoms with Crippen LogP contribution in [-0.4, -0.2) is 14.8 Å². The van der Waals surface area contributed by atoms with E-state index >= 15 is 0 Å². The number of aromatic nitrogens is 3. The molecule has 3 aromatic rings. The zero-order valence-corrected chi connectivity index (χ0v) is 10.4. The Hall–Kier alpha value is -2.49. The van der Waals surface area contributed by atoms with Crippen LogP contribution in [0, 0.1) is 12.7 Å².